The molecule has 1 fully saturated rings. The Balaban J connectivity index is 2.12. The van der Waals surface area contributed by atoms with Crippen molar-refractivity contribution in [2.45, 2.75) is 18.9 Å². The van der Waals surface area contributed by atoms with Crippen LogP contribution in [0.2, 0.25) is 0 Å². The molecule has 1 aromatic heterocycles. The number of pyridine rings is 1. The average Bonchev–Trinajstić information content (AvgIpc) is 2.77. The number of carboxylic acids is 1. The highest BCUT2D eigenvalue weighted by Gasteiger charge is 2.35. The third-order valence-electron chi connectivity index (χ3n) is 3.35. The van der Waals surface area contributed by atoms with Crippen LogP contribution in [0.1, 0.15) is 12.0 Å². The molecule has 0 bridgehead atoms. The molecule has 2 heterocycles. The Labute approximate surface area is 122 Å². The van der Waals surface area contributed by atoms with Gasteiger partial charge in [0.15, 0.2) is 9.84 Å². The molecule has 0 aromatic carbocycles. The third-order valence-corrected chi connectivity index (χ3v) is 5.10. The van der Waals surface area contributed by atoms with Crippen LogP contribution in [0.15, 0.2) is 24.5 Å². The van der Waals surface area contributed by atoms with E-state index in [2.05, 4.69) is 4.98 Å². The summed E-state index contributed by atoms with van der Waals surface area (Å²) in [6, 6.07) is 2.84. The Morgan fingerprint density at radius 3 is 2.71 bits per heavy atom. The predicted octanol–water partition coefficient (Wildman–Crippen LogP) is -0.276. The maximum atomic E-state index is 12.3. The first-order valence-electron chi connectivity index (χ1n) is 6.48. The van der Waals surface area contributed by atoms with Gasteiger partial charge in [0.2, 0.25) is 5.91 Å². The summed E-state index contributed by atoms with van der Waals surface area (Å²) in [4.78, 5) is 28.3. The second-order valence-corrected chi connectivity index (χ2v) is 7.24. The zero-order valence-corrected chi connectivity index (χ0v) is 12.1. The van der Waals surface area contributed by atoms with Crippen LogP contribution in [0.3, 0.4) is 0 Å². The van der Waals surface area contributed by atoms with Crippen molar-refractivity contribution < 1.29 is 23.1 Å². The highest BCUT2D eigenvalue weighted by atomic mass is 32.2. The van der Waals surface area contributed by atoms with Gasteiger partial charge in [-0.2, -0.15) is 0 Å². The Morgan fingerprint density at radius 1 is 1.43 bits per heavy atom. The van der Waals surface area contributed by atoms with Crippen LogP contribution in [0.5, 0.6) is 0 Å². The maximum Gasteiger partial charge on any atom is 0.323 e. The molecule has 0 saturated carbocycles. The SMILES string of the molecule is O=C(O)CN(C(=O)Cc1cccnc1)C1CCS(=O)(=O)C1. The van der Waals surface area contributed by atoms with E-state index in [-0.39, 0.29) is 24.3 Å². The average molecular weight is 312 g/mol. The second-order valence-electron chi connectivity index (χ2n) is 5.01. The van der Waals surface area contributed by atoms with Crippen molar-refractivity contribution in [3.63, 3.8) is 0 Å². The minimum Gasteiger partial charge on any atom is -0.480 e. The number of aromatic nitrogens is 1. The molecule has 1 aromatic rings. The molecule has 1 saturated heterocycles. The van der Waals surface area contributed by atoms with Crippen LogP contribution >= 0.6 is 0 Å². The largest absolute Gasteiger partial charge is 0.480 e. The van der Waals surface area contributed by atoms with Crippen molar-refractivity contribution in [2.24, 2.45) is 0 Å². The molecule has 0 radical (unpaired) electrons. The van der Waals surface area contributed by atoms with Gasteiger partial charge in [0.25, 0.3) is 0 Å². The van der Waals surface area contributed by atoms with E-state index in [4.69, 9.17) is 5.11 Å². The molecule has 7 nitrogen and oxygen atoms in total. The number of carbonyl (C=O) groups is 2. The number of aliphatic carboxylic acids is 1. The van der Waals surface area contributed by atoms with Crippen LogP contribution in [0.4, 0.5) is 0 Å². The van der Waals surface area contributed by atoms with Crippen LogP contribution in [-0.2, 0) is 25.8 Å². The van der Waals surface area contributed by atoms with Gasteiger partial charge in [-0.1, -0.05) is 6.07 Å². The zero-order valence-electron chi connectivity index (χ0n) is 11.3. The summed E-state index contributed by atoms with van der Waals surface area (Å²) in [5.74, 6) is -1.72. The van der Waals surface area contributed by atoms with E-state index in [1.165, 1.54) is 6.20 Å². The predicted molar refractivity (Wildman–Crippen MR) is 74.3 cm³/mol. The molecule has 1 aliphatic rings. The molecule has 8 heteroatoms. The van der Waals surface area contributed by atoms with Gasteiger partial charge in [-0.05, 0) is 18.1 Å². The molecule has 1 atom stereocenters. The number of rotatable bonds is 5. The highest BCUT2D eigenvalue weighted by Crippen LogP contribution is 2.18. The van der Waals surface area contributed by atoms with E-state index in [0.29, 0.717) is 5.56 Å². The third kappa shape index (κ3) is 4.25. The van der Waals surface area contributed by atoms with Gasteiger partial charge in [0.1, 0.15) is 6.54 Å². The fraction of sp³-hybridized carbons (Fsp3) is 0.462. The molecule has 21 heavy (non-hydrogen) atoms. The van der Waals surface area contributed by atoms with E-state index in [9.17, 15) is 18.0 Å². The van der Waals surface area contributed by atoms with Crippen molar-refractivity contribution in [2.75, 3.05) is 18.1 Å². The van der Waals surface area contributed by atoms with E-state index in [1.807, 2.05) is 0 Å². The first kappa shape index (κ1) is 15.4. The van der Waals surface area contributed by atoms with Crippen LogP contribution in [0, 0.1) is 0 Å². The maximum absolute atomic E-state index is 12.3. The normalized spacial score (nSPS) is 20.1. The standard InChI is InChI=1S/C13H16N2O5S/c16-12(6-10-2-1-4-14-7-10)15(8-13(17)18)11-3-5-21(19,20)9-11/h1-2,4,7,11H,3,5-6,8-9H2,(H,17,18). The quantitative estimate of drug-likeness (QED) is 0.802. The van der Waals surface area contributed by atoms with Gasteiger partial charge in [0.05, 0.1) is 17.9 Å². The topological polar surface area (TPSA) is 105 Å². The molecule has 2 rings (SSSR count). The molecule has 0 spiro atoms. The van der Waals surface area contributed by atoms with Crippen molar-refractivity contribution in [1.82, 2.24) is 9.88 Å². The molecule has 1 unspecified atom stereocenters. The highest BCUT2D eigenvalue weighted by molar-refractivity contribution is 7.91. The number of hydrogen-bond acceptors (Lipinski definition) is 5. The Kier molecular flexibility index (Phi) is 4.56. The lowest BCUT2D eigenvalue weighted by Crippen LogP contribution is -2.44. The van der Waals surface area contributed by atoms with Gasteiger partial charge < -0.3 is 10.0 Å². The minimum absolute atomic E-state index is 0.00599. The van der Waals surface area contributed by atoms with Crippen LogP contribution in [-0.4, -0.2) is 59.4 Å². The van der Waals surface area contributed by atoms with Gasteiger partial charge in [-0.3, -0.25) is 14.6 Å². The molecule has 1 aliphatic heterocycles. The van der Waals surface area contributed by atoms with Gasteiger partial charge in [0, 0.05) is 18.4 Å². The van der Waals surface area contributed by atoms with E-state index in [0.717, 1.165) is 4.90 Å². The Morgan fingerprint density at radius 2 is 2.19 bits per heavy atom. The summed E-state index contributed by atoms with van der Waals surface area (Å²) in [5, 5.41) is 8.93. The van der Waals surface area contributed by atoms with Crippen molar-refractivity contribution >= 4 is 21.7 Å². The molecule has 114 valence electrons. The number of amides is 1. The monoisotopic (exact) mass is 312 g/mol. The fourth-order valence-electron chi connectivity index (χ4n) is 2.37. The summed E-state index contributed by atoms with van der Waals surface area (Å²) in [6.07, 6.45) is 3.40. The first-order chi connectivity index (χ1) is 9.87. The first-order valence-corrected chi connectivity index (χ1v) is 8.30. The fourth-order valence-corrected chi connectivity index (χ4v) is 4.10. The summed E-state index contributed by atoms with van der Waals surface area (Å²) >= 11 is 0. The van der Waals surface area contributed by atoms with E-state index >= 15 is 0 Å². The van der Waals surface area contributed by atoms with Crippen LogP contribution in [0.25, 0.3) is 0 Å². The van der Waals surface area contributed by atoms with Gasteiger partial charge >= 0.3 is 5.97 Å². The smallest absolute Gasteiger partial charge is 0.323 e. The number of carbonyl (C=O) groups excluding carboxylic acids is 1. The van der Waals surface area contributed by atoms with E-state index < -0.39 is 34.3 Å². The number of carboxylic acid groups (broad SMARTS) is 1. The molecular formula is C13H16N2O5S. The van der Waals surface area contributed by atoms with Gasteiger partial charge in [-0.15, -0.1) is 0 Å². The lowest BCUT2D eigenvalue weighted by Gasteiger charge is -2.26. The van der Waals surface area contributed by atoms with E-state index in [1.54, 1.807) is 18.3 Å². The summed E-state index contributed by atoms with van der Waals surface area (Å²) in [6.45, 7) is -0.487. The Bertz CT molecular complexity index is 629. The summed E-state index contributed by atoms with van der Waals surface area (Å²) in [7, 11) is -3.18. The Hall–Kier alpha value is -1.96. The lowest BCUT2D eigenvalue weighted by molar-refractivity contribution is -0.145. The molecule has 0 aliphatic carbocycles. The van der Waals surface area contributed by atoms with Crippen molar-refractivity contribution in [3.8, 4) is 0 Å². The zero-order chi connectivity index (χ0) is 15.5. The molecule has 1 N–H and O–H groups in total. The second kappa shape index (κ2) is 6.21. The summed E-state index contributed by atoms with van der Waals surface area (Å²) < 4.78 is 23.0. The summed E-state index contributed by atoms with van der Waals surface area (Å²) in [5.41, 5.74) is 0.666. The van der Waals surface area contributed by atoms with Crippen molar-refractivity contribution in [1.29, 1.82) is 0 Å². The molecular weight excluding hydrogens is 296 g/mol. The van der Waals surface area contributed by atoms with Gasteiger partial charge in [-0.25, -0.2) is 8.42 Å². The number of hydrogen-bond donors (Lipinski definition) is 1. The van der Waals surface area contributed by atoms with Crippen molar-refractivity contribution in [3.05, 3.63) is 30.1 Å². The minimum atomic E-state index is -3.18. The number of sulfone groups is 1. The number of nitrogens with zero attached hydrogens (tertiary/aromatic N) is 2. The molecule has 1 amide bonds. The lowest BCUT2D eigenvalue weighted by atomic mass is 10.1. The van der Waals surface area contributed by atoms with Crippen LogP contribution < -0.4 is 0 Å².